The van der Waals surface area contributed by atoms with Gasteiger partial charge < -0.3 is 14.2 Å². The Morgan fingerprint density at radius 1 is 0.909 bits per heavy atom. The zero-order valence-corrected chi connectivity index (χ0v) is 31.4. The lowest BCUT2D eigenvalue weighted by atomic mass is 9.92. The minimum absolute atomic E-state index is 0.0493. The molecule has 0 N–H and O–H groups in total. The SMILES string of the molecule is CCOC(=O)COC(=O)c1cc(Oc2ccc(C(F)(F)F)cc2Cl)ccc1[N+](=O)[O-].CSC(=O)c1c(C(F)F)nc(C(F)(F)F)c(C(=O)SC)c1CC(C)C. The predicted octanol–water partition coefficient (Wildman–Crippen LogP) is 10.0. The average molecular weight is 849 g/mol. The molecule has 0 saturated carbocycles. The minimum Gasteiger partial charge on any atom is -0.463 e. The number of nitro benzene ring substituents is 1. The topological polar surface area (TPSA) is 152 Å². The summed E-state index contributed by atoms with van der Waals surface area (Å²) in [7, 11) is 0. The van der Waals surface area contributed by atoms with Gasteiger partial charge in [0.1, 0.15) is 22.8 Å². The highest BCUT2D eigenvalue weighted by atomic mass is 35.5. The first kappa shape index (κ1) is 46.7. The summed E-state index contributed by atoms with van der Waals surface area (Å²) in [4.78, 5) is 61.1. The summed E-state index contributed by atoms with van der Waals surface area (Å²) in [6, 6.07) is 5.35. The Bertz CT molecular complexity index is 1930. The van der Waals surface area contributed by atoms with Gasteiger partial charge in [0.15, 0.2) is 12.3 Å². The molecule has 0 aliphatic heterocycles. The van der Waals surface area contributed by atoms with Gasteiger partial charge in [0, 0.05) is 12.1 Å². The molecular weight excluding hydrogens is 820 g/mol. The summed E-state index contributed by atoms with van der Waals surface area (Å²) >= 11 is 6.90. The number of carbonyl (C=O) groups excluding carboxylic acids is 4. The van der Waals surface area contributed by atoms with Crippen LogP contribution in [0.3, 0.4) is 0 Å². The zero-order valence-electron chi connectivity index (χ0n) is 29.0. The van der Waals surface area contributed by atoms with E-state index in [-0.39, 0.29) is 41.0 Å². The van der Waals surface area contributed by atoms with Crippen molar-refractivity contribution < 1.29 is 73.4 Å². The van der Waals surface area contributed by atoms with Gasteiger partial charge in [-0.3, -0.25) is 19.7 Å². The number of alkyl halides is 8. The Morgan fingerprint density at radius 3 is 1.98 bits per heavy atom. The van der Waals surface area contributed by atoms with Crippen molar-refractivity contribution >= 4 is 63.0 Å². The van der Waals surface area contributed by atoms with Gasteiger partial charge in [0.2, 0.25) is 10.2 Å². The fraction of sp³-hybridized carbons (Fsp3) is 0.364. The maximum atomic E-state index is 13.4. The second kappa shape index (κ2) is 19.9. The van der Waals surface area contributed by atoms with E-state index in [4.69, 9.17) is 21.1 Å². The zero-order chi connectivity index (χ0) is 42.0. The fourth-order valence-electron chi connectivity index (χ4n) is 4.48. The highest BCUT2D eigenvalue weighted by molar-refractivity contribution is 8.13. The molecule has 0 aliphatic rings. The summed E-state index contributed by atoms with van der Waals surface area (Å²) < 4.78 is 120. The summed E-state index contributed by atoms with van der Waals surface area (Å²) in [6.45, 7) is 4.12. The van der Waals surface area contributed by atoms with Crippen molar-refractivity contribution in [3.63, 3.8) is 0 Å². The van der Waals surface area contributed by atoms with Crippen LogP contribution in [0.15, 0.2) is 36.4 Å². The lowest BCUT2D eigenvalue weighted by Gasteiger charge is -2.21. The molecule has 0 fully saturated rings. The Morgan fingerprint density at radius 2 is 1.51 bits per heavy atom. The summed E-state index contributed by atoms with van der Waals surface area (Å²) in [6.07, 6.45) is -10.6. The van der Waals surface area contributed by atoms with Crippen molar-refractivity contribution in [1.82, 2.24) is 4.98 Å². The van der Waals surface area contributed by atoms with Crippen LogP contribution in [0.5, 0.6) is 11.5 Å². The van der Waals surface area contributed by atoms with Crippen LogP contribution in [0.1, 0.15) is 80.8 Å². The van der Waals surface area contributed by atoms with Crippen LogP contribution < -0.4 is 4.74 Å². The number of esters is 2. The lowest BCUT2D eigenvalue weighted by molar-refractivity contribution is -0.385. The van der Waals surface area contributed by atoms with Gasteiger partial charge in [0.05, 0.1) is 33.2 Å². The van der Waals surface area contributed by atoms with Crippen LogP contribution in [-0.4, -0.2) is 57.8 Å². The Hall–Kier alpha value is -4.50. The number of hydrogen-bond acceptors (Lipinski definition) is 12. The van der Waals surface area contributed by atoms with E-state index in [1.54, 1.807) is 13.8 Å². The molecule has 0 radical (unpaired) electrons. The van der Waals surface area contributed by atoms with Crippen molar-refractivity contribution in [3.8, 4) is 11.5 Å². The van der Waals surface area contributed by atoms with E-state index < -0.39 is 91.8 Å². The second-order valence-electron chi connectivity index (χ2n) is 11.0. The van der Waals surface area contributed by atoms with E-state index in [0.29, 0.717) is 29.6 Å². The van der Waals surface area contributed by atoms with Crippen LogP contribution in [-0.2, 0) is 33.0 Å². The van der Waals surface area contributed by atoms with E-state index in [1.165, 1.54) is 19.4 Å². The standard InChI is InChI=1S/C18H13ClF3NO7.C15H16F5NO2S2/c1-2-28-16(24)9-29-17(25)12-8-11(4-5-14(12)23(26)27)30-15-6-3-10(7-13(15)19)18(20,21)22;1-6(2)5-7-8(13(22)24-3)10(12(16)17)21-11(15(18,19)20)9(7)14(23)25-4/h3-8H,2,9H2,1H3;6,12H,5H2,1-4H3. The second-order valence-corrected chi connectivity index (χ2v) is 13.0. The third kappa shape index (κ3) is 12.8. The third-order valence-electron chi connectivity index (χ3n) is 6.69. The molecule has 0 amide bonds. The largest absolute Gasteiger partial charge is 0.463 e. The van der Waals surface area contributed by atoms with Crippen LogP contribution >= 0.6 is 35.1 Å². The number of hydrogen-bond donors (Lipinski definition) is 0. The van der Waals surface area contributed by atoms with Crippen molar-refractivity contribution in [2.24, 2.45) is 5.92 Å². The summed E-state index contributed by atoms with van der Waals surface area (Å²) in [5.41, 5.74) is -6.79. The quantitative estimate of drug-likeness (QED) is 0.0738. The molecule has 300 valence electrons. The number of nitrogens with zero attached hydrogens (tertiary/aromatic N) is 2. The smallest absolute Gasteiger partial charge is 0.434 e. The molecule has 0 atom stereocenters. The van der Waals surface area contributed by atoms with Gasteiger partial charge in [-0.05, 0) is 61.6 Å². The summed E-state index contributed by atoms with van der Waals surface area (Å²) in [5, 5.41) is 8.98. The molecule has 11 nitrogen and oxygen atoms in total. The first-order valence-electron chi connectivity index (χ1n) is 15.2. The molecule has 3 rings (SSSR count). The average Bonchev–Trinajstić information content (AvgIpc) is 3.09. The molecule has 0 spiro atoms. The van der Waals surface area contributed by atoms with E-state index in [2.05, 4.69) is 9.72 Å². The maximum absolute atomic E-state index is 13.4. The van der Waals surface area contributed by atoms with Gasteiger partial charge in [-0.1, -0.05) is 49.0 Å². The molecule has 55 heavy (non-hydrogen) atoms. The van der Waals surface area contributed by atoms with Gasteiger partial charge in [-0.2, -0.15) is 26.3 Å². The summed E-state index contributed by atoms with van der Waals surface area (Å²) in [5.74, 6) is -2.62. The number of thioether (sulfide) groups is 2. The molecule has 22 heteroatoms. The Balaban J connectivity index is 0.000000387. The maximum Gasteiger partial charge on any atom is 0.434 e. The monoisotopic (exact) mass is 848 g/mol. The van der Waals surface area contributed by atoms with Crippen molar-refractivity contribution in [1.29, 1.82) is 0 Å². The molecule has 3 aromatic rings. The van der Waals surface area contributed by atoms with Crippen molar-refractivity contribution in [3.05, 3.63) is 90.7 Å². The molecule has 0 aliphatic carbocycles. The number of aromatic nitrogens is 1. The van der Waals surface area contributed by atoms with E-state index >= 15 is 0 Å². The first-order valence-corrected chi connectivity index (χ1v) is 18.0. The van der Waals surface area contributed by atoms with Gasteiger partial charge >= 0.3 is 24.3 Å². The lowest BCUT2D eigenvalue weighted by Crippen LogP contribution is -2.23. The Kier molecular flexibility index (Phi) is 16.9. The number of nitro groups is 1. The molecular formula is C33H29ClF8N2O9S2. The number of pyridine rings is 1. The molecule has 1 aromatic heterocycles. The Labute approximate surface area is 320 Å². The van der Waals surface area contributed by atoms with Crippen LogP contribution in [0.4, 0.5) is 40.8 Å². The molecule has 2 aromatic carbocycles. The minimum atomic E-state index is -5.10. The molecule has 0 unspecified atom stereocenters. The number of carbonyl (C=O) groups is 4. The van der Waals surface area contributed by atoms with Crippen LogP contribution in [0.25, 0.3) is 0 Å². The number of halogens is 9. The molecule has 0 bridgehead atoms. The van der Waals surface area contributed by atoms with Crippen molar-refractivity contribution in [2.75, 3.05) is 25.7 Å². The van der Waals surface area contributed by atoms with Crippen LogP contribution in [0, 0.1) is 16.0 Å². The van der Waals surface area contributed by atoms with E-state index in [1.807, 2.05) is 0 Å². The van der Waals surface area contributed by atoms with Gasteiger partial charge in [-0.15, -0.1) is 0 Å². The number of benzene rings is 2. The number of rotatable bonds is 12. The van der Waals surface area contributed by atoms with Gasteiger partial charge in [0.25, 0.3) is 12.1 Å². The normalized spacial score (nSPS) is 11.5. The van der Waals surface area contributed by atoms with E-state index in [0.717, 1.165) is 30.3 Å². The highest BCUT2D eigenvalue weighted by Gasteiger charge is 2.42. The van der Waals surface area contributed by atoms with Gasteiger partial charge in [-0.25, -0.2) is 23.4 Å². The third-order valence-corrected chi connectivity index (χ3v) is 8.14. The number of ether oxygens (including phenoxy) is 3. The van der Waals surface area contributed by atoms with E-state index in [9.17, 15) is 64.4 Å². The predicted molar refractivity (Wildman–Crippen MR) is 185 cm³/mol. The molecule has 1 heterocycles. The first-order chi connectivity index (χ1) is 25.5. The molecule has 0 saturated heterocycles. The van der Waals surface area contributed by atoms with Crippen molar-refractivity contribution in [2.45, 2.75) is 46.0 Å². The van der Waals surface area contributed by atoms with Crippen LogP contribution in [0.2, 0.25) is 5.02 Å². The highest BCUT2D eigenvalue weighted by Crippen LogP contribution is 2.40. The fourth-order valence-corrected chi connectivity index (χ4v) is 5.55.